The van der Waals surface area contributed by atoms with E-state index in [4.69, 9.17) is 14.2 Å². The van der Waals surface area contributed by atoms with Crippen molar-refractivity contribution in [1.29, 1.82) is 0 Å². The molecule has 0 radical (unpaired) electrons. The summed E-state index contributed by atoms with van der Waals surface area (Å²) in [5, 5.41) is 0. The summed E-state index contributed by atoms with van der Waals surface area (Å²) >= 11 is 0. The van der Waals surface area contributed by atoms with Gasteiger partial charge in [-0.3, -0.25) is 0 Å². The molecule has 0 spiro atoms. The highest BCUT2D eigenvalue weighted by Crippen LogP contribution is 2.29. The number of ether oxygens (including phenoxy) is 3. The van der Waals surface area contributed by atoms with Crippen LogP contribution in [0, 0.1) is 5.82 Å². The van der Waals surface area contributed by atoms with Crippen LogP contribution in [0.2, 0.25) is 0 Å². The van der Waals surface area contributed by atoms with Gasteiger partial charge < -0.3 is 14.2 Å². The third-order valence-corrected chi connectivity index (χ3v) is 3.58. The third kappa shape index (κ3) is 3.91. The molecule has 6 heteroatoms. The standard InChI is InChI=1S/C20H18FNO4/c1-3-24-16-9-8-13(18(12-16)25-4-2)11-17-20(23)26-19(22-17)14-6-5-7-15(21)10-14/h5-12H,3-4H2,1-2H3/b17-11+. The maximum atomic E-state index is 13.4. The van der Waals surface area contributed by atoms with Gasteiger partial charge >= 0.3 is 5.97 Å². The van der Waals surface area contributed by atoms with Gasteiger partial charge in [-0.1, -0.05) is 6.07 Å². The number of esters is 1. The highest BCUT2D eigenvalue weighted by atomic mass is 19.1. The van der Waals surface area contributed by atoms with Gasteiger partial charge in [0.15, 0.2) is 5.70 Å². The van der Waals surface area contributed by atoms with Crippen molar-refractivity contribution >= 4 is 17.9 Å². The summed E-state index contributed by atoms with van der Waals surface area (Å²) in [4.78, 5) is 16.3. The SMILES string of the molecule is CCOc1ccc(/C=C2/N=C(c3cccc(F)c3)OC2=O)c(OCC)c1. The summed E-state index contributed by atoms with van der Waals surface area (Å²) in [6.45, 7) is 4.77. The molecule has 2 aromatic rings. The van der Waals surface area contributed by atoms with Gasteiger partial charge in [0.05, 0.1) is 13.2 Å². The van der Waals surface area contributed by atoms with Crippen molar-refractivity contribution in [3.8, 4) is 11.5 Å². The molecule has 26 heavy (non-hydrogen) atoms. The van der Waals surface area contributed by atoms with Crippen LogP contribution in [-0.2, 0) is 9.53 Å². The molecule has 1 heterocycles. The molecule has 5 nitrogen and oxygen atoms in total. The molecular formula is C20H18FNO4. The average Bonchev–Trinajstić information content (AvgIpc) is 2.98. The van der Waals surface area contributed by atoms with Gasteiger partial charge in [-0.25, -0.2) is 14.2 Å². The van der Waals surface area contributed by atoms with E-state index >= 15 is 0 Å². The number of benzene rings is 2. The number of aliphatic imine (C=N–C) groups is 1. The molecule has 0 bridgehead atoms. The summed E-state index contributed by atoms with van der Waals surface area (Å²) in [7, 11) is 0. The molecule has 134 valence electrons. The van der Waals surface area contributed by atoms with Gasteiger partial charge in [0.25, 0.3) is 0 Å². The van der Waals surface area contributed by atoms with Crippen LogP contribution in [0.3, 0.4) is 0 Å². The van der Waals surface area contributed by atoms with Crippen LogP contribution >= 0.6 is 0 Å². The molecule has 0 saturated heterocycles. The second kappa shape index (κ2) is 7.82. The van der Waals surface area contributed by atoms with E-state index in [1.54, 1.807) is 30.3 Å². The Morgan fingerprint density at radius 1 is 1.12 bits per heavy atom. The first-order chi connectivity index (χ1) is 12.6. The largest absolute Gasteiger partial charge is 0.494 e. The van der Waals surface area contributed by atoms with Crippen molar-refractivity contribution in [2.45, 2.75) is 13.8 Å². The summed E-state index contributed by atoms with van der Waals surface area (Å²) in [6, 6.07) is 11.1. The molecular weight excluding hydrogens is 337 g/mol. The van der Waals surface area contributed by atoms with E-state index in [0.717, 1.165) is 0 Å². The average molecular weight is 355 g/mol. The van der Waals surface area contributed by atoms with Crippen LogP contribution in [0.5, 0.6) is 11.5 Å². The fraction of sp³-hybridized carbons (Fsp3) is 0.200. The number of hydrogen-bond donors (Lipinski definition) is 0. The minimum Gasteiger partial charge on any atom is -0.494 e. The molecule has 0 saturated carbocycles. The van der Waals surface area contributed by atoms with Crippen molar-refractivity contribution in [3.05, 3.63) is 65.1 Å². The Bertz CT molecular complexity index is 889. The first-order valence-electron chi connectivity index (χ1n) is 8.29. The lowest BCUT2D eigenvalue weighted by Crippen LogP contribution is -2.05. The van der Waals surface area contributed by atoms with E-state index in [0.29, 0.717) is 35.8 Å². The van der Waals surface area contributed by atoms with Gasteiger partial charge in [-0.15, -0.1) is 0 Å². The second-order valence-electron chi connectivity index (χ2n) is 5.41. The number of hydrogen-bond acceptors (Lipinski definition) is 5. The molecule has 0 N–H and O–H groups in total. The quantitative estimate of drug-likeness (QED) is 0.581. The summed E-state index contributed by atoms with van der Waals surface area (Å²) < 4.78 is 29.6. The zero-order valence-electron chi connectivity index (χ0n) is 14.5. The Morgan fingerprint density at radius 3 is 2.65 bits per heavy atom. The predicted molar refractivity (Wildman–Crippen MR) is 95.8 cm³/mol. The topological polar surface area (TPSA) is 57.1 Å². The van der Waals surface area contributed by atoms with Crippen LogP contribution < -0.4 is 9.47 Å². The number of carbonyl (C=O) groups excluding carboxylic acids is 1. The molecule has 1 aliphatic heterocycles. The number of carbonyl (C=O) groups is 1. The molecule has 3 rings (SSSR count). The zero-order chi connectivity index (χ0) is 18.5. The molecule has 0 aromatic heterocycles. The fourth-order valence-electron chi connectivity index (χ4n) is 2.47. The lowest BCUT2D eigenvalue weighted by molar-refractivity contribution is -0.129. The normalized spacial score (nSPS) is 15.0. The molecule has 0 aliphatic carbocycles. The fourth-order valence-corrected chi connectivity index (χ4v) is 2.47. The molecule has 2 aromatic carbocycles. The Morgan fingerprint density at radius 2 is 1.92 bits per heavy atom. The Kier molecular flexibility index (Phi) is 5.31. The number of halogens is 1. The monoisotopic (exact) mass is 355 g/mol. The van der Waals surface area contributed by atoms with Gasteiger partial charge in [0, 0.05) is 17.2 Å². The highest BCUT2D eigenvalue weighted by molar-refractivity contribution is 6.12. The van der Waals surface area contributed by atoms with Crippen molar-refractivity contribution in [3.63, 3.8) is 0 Å². The summed E-state index contributed by atoms with van der Waals surface area (Å²) in [5.41, 5.74) is 1.19. The van der Waals surface area contributed by atoms with Crippen LogP contribution in [0.25, 0.3) is 6.08 Å². The lowest BCUT2D eigenvalue weighted by atomic mass is 10.1. The first kappa shape index (κ1) is 17.7. The van der Waals surface area contributed by atoms with Crippen LogP contribution in [-0.4, -0.2) is 25.1 Å². The van der Waals surface area contributed by atoms with E-state index < -0.39 is 11.8 Å². The highest BCUT2D eigenvalue weighted by Gasteiger charge is 2.24. The van der Waals surface area contributed by atoms with Crippen LogP contribution in [0.1, 0.15) is 25.0 Å². The van der Waals surface area contributed by atoms with Gasteiger partial charge in [0.2, 0.25) is 5.90 Å². The number of cyclic esters (lactones) is 1. The zero-order valence-corrected chi connectivity index (χ0v) is 14.5. The van der Waals surface area contributed by atoms with Crippen molar-refractivity contribution in [2.75, 3.05) is 13.2 Å². The Labute approximate surface area is 150 Å². The van der Waals surface area contributed by atoms with Crippen molar-refractivity contribution in [1.82, 2.24) is 0 Å². The lowest BCUT2D eigenvalue weighted by Gasteiger charge is -2.10. The third-order valence-electron chi connectivity index (χ3n) is 3.58. The smallest absolute Gasteiger partial charge is 0.363 e. The minimum absolute atomic E-state index is 0.0737. The number of nitrogens with zero attached hydrogens (tertiary/aromatic N) is 1. The van der Waals surface area contributed by atoms with E-state index in [2.05, 4.69) is 4.99 Å². The molecule has 0 atom stereocenters. The second-order valence-corrected chi connectivity index (χ2v) is 5.41. The van der Waals surface area contributed by atoms with E-state index in [1.807, 2.05) is 13.8 Å². The maximum Gasteiger partial charge on any atom is 0.363 e. The summed E-state index contributed by atoms with van der Waals surface area (Å²) in [6.07, 6.45) is 1.58. The van der Waals surface area contributed by atoms with E-state index in [1.165, 1.54) is 18.2 Å². The molecule has 0 fully saturated rings. The number of rotatable bonds is 6. The predicted octanol–water partition coefficient (Wildman–Crippen LogP) is 3.97. The molecule has 0 amide bonds. The molecule has 1 aliphatic rings. The van der Waals surface area contributed by atoms with E-state index in [-0.39, 0.29) is 11.6 Å². The van der Waals surface area contributed by atoms with Crippen LogP contribution in [0.4, 0.5) is 4.39 Å². The van der Waals surface area contributed by atoms with Crippen molar-refractivity contribution in [2.24, 2.45) is 4.99 Å². The molecule has 0 unspecified atom stereocenters. The van der Waals surface area contributed by atoms with E-state index in [9.17, 15) is 9.18 Å². The maximum absolute atomic E-state index is 13.4. The first-order valence-corrected chi connectivity index (χ1v) is 8.29. The van der Waals surface area contributed by atoms with Gasteiger partial charge in [-0.05, 0) is 50.3 Å². The Hall–Kier alpha value is -3.15. The Balaban J connectivity index is 1.95. The van der Waals surface area contributed by atoms with Gasteiger partial charge in [-0.2, -0.15) is 0 Å². The minimum atomic E-state index is -0.597. The van der Waals surface area contributed by atoms with Gasteiger partial charge in [0.1, 0.15) is 17.3 Å². The van der Waals surface area contributed by atoms with Crippen LogP contribution in [0.15, 0.2) is 53.2 Å². The van der Waals surface area contributed by atoms with Crippen molar-refractivity contribution < 1.29 is 23.4 Å². The summed E-state index contributed by atoms with van der Waals surface area (Å²) in [5.74, 6) is 0.304.